The molecule has 3 aromatic rings. The average molecular weight is 443 g/mol. The maximum atomic E-state index is 13.9. The summed E-state index contributed by atoms with van der Waals surface area (Å²) in [4.78, 5) is 0.213. The second-order valence-corrected chi connectivity index (χ2v) is 8.95. The number of hydrogen-bond donors (Lipinski definition) is 0. The van der Waals surface area contributed by atoms with E-state index in [0.29, 0.717) is 34.1 Å². The molecule has 31 heavy (non-hydrogen) atoms. The van der Waals surface area contributed by atoms with Crippen molar-refractivity contribution in [2.24, 2.45) is 0 Å². The van der Waals surface area contributed by atoms with Gasteiger partial charge in [-0.3, -0.25) is 0 Å². The first-order valence-corrected chi connectivity index (χ1v) is 11.1. The quantitative estimate of drug-likeness (QED) is 0.508. The van der Waals surface area contributed by atoms with E-state index in [1.165, 1.54) is 21.3 Å². The minimum atomic E-state index is -3.84. The largest absolute Gasteiger partial charge is 0.496 e. The molecule has 3 aromatic carbocycles. The number of methoxy groups -OCH3 is 4. The van der Waals surface area contributed by atoms with Gasteiger partial charge in [0.05, 0.1) is 33.3 Å². The maximum absolute atomic E-state index is 13.9. The number of aryl methyl sites for hydroxylation is 1. The molecule has 0 radical (unpaired) electrons. The fraction of sp³-hybridized carbons (Fsp3) is 0.250. The van der Waals surface area contributed by atoms with Crippen LogP contribution in [-0.2, 0) is 9.84 Å². The van der Waals surface area contributed by atoms with Gasteiger partial charge in [-0.05, 0) is 42.3 Å². The Morgan fingerprint density at radius 1 is 0.677 bits per heavy atom. The van der Waals surface area contributed by atoms with Gasteiger partial charge in [-0.15, -0.1) is 0 Å². The average Bonchev–Trinajstić information content (AvgIpc) is 2.79. The van der Waals surface area contributed by atoms with Gasteiger partial charge < -0.3 is 18.9 Å². The fourth-order valence-electron chi connectivity index (χ4n) is 3.59. The molecule has 0 aliphatic carbocycles. The predicted molar refractivity (Wildman–Crippen MR) is 119 cm³/mol. The molecule has 1 unspecified atom stereocenters. The molecule has 0 spiro atoms. The molecule has 0 saturated carbocycles. The molecule has 0 heterocycles. The van der Waals surface area contributed by atoms with Crippen molar-refractivity contribution in [1.29, 1.82) is 0 Å². The molecule has 3 rings (SSSR count). The Morgan fingerprint density at radius 3 is 1.81 bits per heavy atom. The summed E-state index contributed by atoms with van der Waals surface area (Å²) in [7, 11) is 2.26. The summed E-state index contributed by atoms with van der Waals surface area (Å²) in [5, 5.41) is -1.03. The van der Waals surface area contributed by atoms with E-state index < -0.39 is 15.1 Å². The van der Waals surface area contributed by atoms with E-state index in [2.05, 4.69) is 0 Å². The molecular weight excluding hydrogens is 416 g/mol. The predicted octanol–water partition coefficient (Wildman–Crippen LogP) is 4.59. The maximum Gasteiger partial charge on any atom is 0.189 e. The van der Waals surface area contributed by atoms with Crippen molar-refractivity contribution in [3.05, 3.63) is 77.4 Å². The normalized spacial score (nSPS) is 12.2. The molecule has 6 nitrogen and oxygen atoms in total. The highest BCUT2D eigenvalue weighted by atomic mass is 32.2. The van der Waals surface area contributed by atoms with Crippen molar-refractivity contribution in [2.75, 3.05) is 28.4 Å². The van der Waals surface area contributed by atoms with Crippen LogP contribution in [0.5, 0.6) is 23.0 Å². The summed E-state index contributed by atoms with van der Waals surface area (Å²) < 4.78 is 49.5. The summed E-state index contributed by atoms with van der Waals surface area (Å²) in [6.07, 6.45) is 0. The van der Waals surface area contributed by atoms with Crippen LogP contribution in [0.15, 0.2) is 65.6 Å². The van der Waals surface area contributed by atoms with Crippen LogP contribution in [0.1, 0.15) is 21.9 Å². The summed E-state index contributed by atoms with van der Waals surface area (Å²) in [6.45, 7) is 1.88. The second-order valence-electron chi connectivity index (χ2n) is 6.92. The van der Waals surface area contributed by atoms with Gasteiger partial charge in [-0.25, -0.2) is 8.42 Å². The zero-order chi connectivity index (χ0) is 22.6. The van der Waals surface area contributed by atoms with Gasteiger partial charge in [0.25, 0.3) is 0 Å². The van der Waals surface area contributed by atoms with Gasteiger partial charge in [0.2, 0.25) is 0 Å². The lowest BCUT2D eigenvalue weighted by Crippen LogP contribution is -2.17. The molecule has 0 amide bonds. The van der Waals surface area contributed by atoms with Gasteiger partial charge >= 0.3 is 0 Å². The first kappa shape index (κ1) is 22.5. The Bertz CT molecular complexity index is 1160. The highest BCUT2D eigenvalue weighted by Gasteiger charge is 2.34. The molecule has 7 heteroatoms. The summed E-state index contributed by atoms with van der Waals surface area (Å²) in [6, 6.07) is 17.0. The number of sulfone groups is 1. The molecule has 0 fully saturated rings. The molecule has 1 atom stereocenters. The Kier molecular flexibility index (Phi) is 6.75. The van der Waals surface area contributed by atoms with Crippen molar-refractivity contribution in [3.8, 4) is 23.0 Å². The first-order valence-electron chi connectivity index (χ1n) is 9.60. The fourth-order valence-corrected chi connectivity index (χ4v) is 5.43. The molecule has 0 aromatic heterocycles. The molecule has 0 saturated heterocycles. The zero-order valence-electron chi connectivity index (χ0n) is 18.2. The third-order valence-corrected chi connectivity index (χ3v) is 7.20. The monoisotopic (exact) mass is 442 g/mol. The summed E-state index contributed by atoms with van der Waals surface area (Å²) >= 11 is 0. The van der Waals surface area contributed by atoms with E-state index in [-0.39, 0.29) is 4.90 Å². The molecule has 0 N–H and O–H groups in total. The minimum Gasteiger partial charge on any atom is -0.496 e. The van der Waals surface area contributed by atoms with Gasteiger partial charge in [-0.1, -0.05) is 30.3 Å². The van der Waals surface area contributed by atoms with E-state index in [9.17, 15) is 8.42 Å². The summed E-state index contributed by atoms with van der Waals surface area (Å²) in [5.41, 5.74) is 1.87. The molecule has 0 aliphatic heterocycles. The van der Waals surface area contributed by atoms with E-state index in [1.807, 2.05) is 13.0 Å². The van der Waals surface area contributed by atoms with Crippen molar-refractivity contribution < 1.29 is 27.4 Å². The molecular formula is C24H26O6S. The number of benzene rings is 3. The lowest BCUT2D eigenvalue weighted by atomic mass is 10.0. The van der Waals surface area contributed by atoms with Crippen LogP contribution in [0.3, 0.4) is 0 Å². The topological polar surface area (TPSA) is 71.1 Å². The lowest BCUT2D eigenvalue weighted by molar-refractivity contribution is 0.347. The van der Waals surface area contributed by atoms with Crippen molar-refractivity contribution >= 4 is 9.84 Å². The summed E-state index contributed by atoms with van der Waals surface area (Å²) in [5.74, 6) is 1.93. The Hall–Kier alpha value is -3.19. The van der Waals surface area contributed by atoms with Gasteiger partial charge in [0.1, 0.15) is 16.7 Å². The van der Waals surface area contributed by atoms with Crippen molar-refractivity contribution in [3.63, 3.8) is 0 Å². The number of ether oxygens (including phenoxy) is 4. The standard InChI is InChI=1S/C24H26O6S/c1-16-13-17(11-12-20(16)27-2)24(31(25,26)18-9-7-6-8-10-18)19-14-22(29-4)23(30-5)15-21(19)28-3/h6-15,24H,1-5H3. The minimum absolute atomic E-state index is 0.213. The third-order valence-electron chi connectivity index (χ3n) is 5.12. The van der Waals surface area contributed by atoms with E-state index in [1.54, 1.807) is 61.7 Å². The molecule has 0 bridgehead atoms. The van der Waals surface area contributed by atoms with E-state index in [4.69, 9.17) is 18.9 Å². The van der Waals surface area contributed by atoms with Crippen LogP contribution < -0.4 is 18.9 Å². The molecule has 0 aliphatic rings. The third kappa shape index (κ3) is 4.32. The van der Waals surface area contributed by atoms with Crippen LogP contribution in [0.25, 0.3) is 0 Å². The number of rotatable bonds is 8. The Morgan fingerprint density at radius 2 is 1.26 bits per heavy atom. The van der Waals surface area contributed by atoms with Gasteiger partial charge in [-0.2, -0.15) is 0 Å². The smallest absolute Gasteiger partial charge is 0.189 e. The Labute approximate surface area is 183 Å². The van der Waals surface area contributed by atoms with Crippen LogP contribution in [0.4, 0.5) is 0 Å². The SMILES string of the molecule is COc1ccc(C(c2cc(OC)c(OC)cc2OC)S(=O)(=O)c2ccccc2)cc1C. The first-order chi connectivity index (χ1) is 14.9. The van der Waals surface area contributed by atoms with E-state index >= 15 is 0 Å². The lowest BCUT2D eigenvalue weighted by Gasteiger charge is -2.23. The van der Waals surface area contributed by atoms with Crippen LogP contribution >= 0.6 is 0 Å². The van der Waals surface area contributed by atoms with Crippen LogP contribution in [-0.4, -0.2) is 36.9 Å². The van der Waals surface area contributed by atoms with Gasteiger partial charge in [0.15, 0.2) is 21.3 Å². The second kappa shape index (κ2) is 9.31. The van der Waals surface area contributed by atoms with Crippen LogP contribution in [0, 0.1) is 6.92 Å². The molecule has 164 valence electrons. The van der Waals surface area contributed by atoms with E-state index in [0.717, 1.165) is 5.56 Å². The van der Waals surface area contributed by atoms with Crippen molar-refractivity contribution in [1.82, 2.24) is 0 Å². The van der Waals surface area contributed by atoms with Crippen LogP contribution in [0.2, 0.25) is 0 Å². The Balaban J connectivity index is 2.33. The highest BCUT2D eigenvalue weighted by Crippen LogP contribution is 2.44. The highest BCUT2D eigenvalue weighted by molar-refractivity contribution is 7.92. The number of hydrogen-bond acceptors (Lipinski definition) is 6. The van der Waals surface area contributed by atoms with Crippen molar-refractivity contribution in [2.45, 2.75) is 17.1 Å². The van der Waals surface area contributed by atoms with Gasteiger partial charge in [0, 0.05) is 11.6 Å². The zero-order valence-corrected chi connectivity index (χ0v) is 19.0.